The molecule has 1 aromatic heterocycles. The molecule has 10 nitrogen and oxygen atoms in total. The van der Waals surface area contributed by atoms with Crippen molar-refractivity contribution in [2.45, 2.75) is 33.1 Å². The van der Waals surface area contributed by atoms with Crippen LogP contribution in [0.3, 0.4) is 0 Å². The summed E-state index contributed by atoms with van der Waals surface area (Å²) in [5.74, 6) is 2.22. The molecule has 0 atom stereocenters. The number of nitro benzene ring substituents is 1. The van der Waals surface area contributed by atoms with Gasteiger partial charge in [-0.15, -0.1) is 0 Å². The van der Waals surface area contributed by atoms with Gasteiger partial charge in [-0.3, -0.25) is 14.9 Å². The zero-order chi connectivity index (χ0) is 25.4. The molecule has 0 fully saturated rings. The Morgan fingerprint density at radius 2 is 1.83 bits per heavy atom. The predicted octanol–water partition coefficient (Wildman–Crippen LogP) is 4.32. The van der Waals surface area contributed by atoms with Crippen molar-refractivity contribution in [2.75, 3.05) is 27.3 Å². The number of hydrogen-bond acceptors (Lipinski definition) is 8. The van der Waals surface area contributed by atoms with E-state index in [1.165, 1.54) is 12.1 Å². The highest BCUT2D eigenvalue weighted by Gasteiger charge is 2.18. The van der Waals surface area contributed by atoms with Gasteiger partial charge < -0.3 is 18.9 Å². The molecule has 3 aromatic rings. The van der Waals surface area contributed by atoms with Crippen molar-refractivity contribution in [2.24, 2.45) is 5.92 Å². The summed E-state index contributed by atoms with van der Waals surface area (Å²) in [5.41, 5.74) is 1.47. The summed E-state index contributed by atoms with van der Waals surface area (Å²) in [6, 6.07) is 11.8. The van der Waals surface area contributed by atoms with Crippen LogP contribution in [0.4, 0.5) is 5.69 Å². The molecule has 0 aliphatic rings. The van der Waals surface area contributed by atoms with Crippen LogP contribution in [0.1, 0.15) is 31.7 Å². The molecule has 186 valence electrons. The molecule has 3 rings (SSSR count). The minimum absolute atomic E-state index is 0.0468. The number of hydrogen-bond donors (Lipinski definition) is 0. The first-order chi connectivity index (χ1) is 16.8. The van der Waals surface area contributed by atoms with Crippen molar-refractivity contribution in [3.63, 3.8) is 0 Å². The van der Waals surface area contributed by atoms with Crippen LogP contribution in [0.25, 0.3) is 11.4 Å². The number of nitro groups is 1. The smallest absolute Gasteiger partial charge is 0.270 e. The van der Waals surface area contributed by atoms with Gasteiger partial charge in [-0.25, -0.2) is 0 Å². The summed E-state index contributed by atoms with van der Waals surface area (Å²) in [6.07, 6.45) is 1.46. The third-order valence-corrected chi connectivity index (χ3v) is 5.43. The van der Waals surface area contributed by atoms with Gasteiger partial charge in [0.2, 0.25) is 17.6 Å². The summed E-state index contributed by atoms with van der Waals surface area (Å²) in [6.45, 7) is 4.95. The lowest BCUT2D eigenvalue weighted by atomic mass is 10.1. The number of benzene rings is 2. The van der Waals surface area contributed by atoms with Crippen LogP contribution in [0.15, 0.2) is 47.0 Å². The second-order valence-electron chi connectivity index (χ2n) is 8.49. The molecule has 35 heavy (non-hydrogen) atoms. The van der Waals surface area contributed by atoms with Crippen LogP contribution in [0.2, 0.25) is 0 Å². The maximum atomic E-state index is 12.9. The number of carbonyl (C=O) groups is 1. The van der Waals surface area contributed by atoms with Gasteiger partial charge in [-0.1, -0.05) is 37.2 Å². The molecule has 0 radical (unpaired) electrons. The molecule has 0 aliphatic heterocycles. The molecule has 0 N–H and O–H groups in total. The van der Waals surface area contributed by atoms with Gasteiger partial charge in [-0.05, 0) is 30.0 Å². The van der Waals surface area contributed by atoms with Crippen LogP contribution < -0.4 is 9.47 Å². The number of ether oxygens (including phenoxy) is 2. The summed E-state index contributed by atoms with van der Waals surface area (Å²) >= 11 is 0. The molecule has 0 spiro atoms. The second kappa shape index (κ2) is 12.0. The highest BCUT2D eigenvalue weighted by Crippen LogP contribution is 2.28. The average Bonchev–Trinajstić information content (AvgIpc) is 3.32. The molecule has 0 saturated heterocycles. The predicted molar refractivity (Wildman–Crippen MR) is 129 cm³/mol. The Hall–Kier alpha value is -3.95. The Balaban J connectivity index is 1.68. The van der Waals surface area contributed by atoms with E-state index in [4.69, 9.17) is 14.0 Å². The molecular formula is C25H30N4O6. The number of nitrogens with zero attached hydrogens (tertiary/aromatic N) is 4. The van der Waals surface area contributed by atoms with Crippen LogP contribution in [-0.2, 0) is 17.6 Å². The topological polar surface area (TPSA) is 121 Å². The summed E-state index contributed by atoms with van der Waals surface area (Å²) in [7, 11) is 3.18. The molecule has 0 bridgehead atoms. The number of non-ortho nitro benzene ring substituents is 1. The van der Waals surface area contributed by atoms with Crippen molar-refractivity contribution in [3.8, 4) is 22.9 Å². The Morgan fingerprint density at radius 1 is 1.09 bits per heavy atom. The zero-order valence-electron chi connectivity index (χ0n) is 20.4. The standard InChI is InChI=1S/C25H30N4O6/c1-17(2)14-24(30)28(12-10-18-8-9-21(33-3)22(15-18)34-4)13-11-23-26-25(27-35-23)19-6-5-7-20(16-19)29(31)32/h5-9,15-17H,10-14H2,1-4H3. The Labute approximate surface area is 204 Å². The van der Waals surface area contributed by atoms with E-state index in [1.807, 2.05) is 32.0 Å². The average molecular weight is 483 g/mol. The lowest BCUT2D eigenvalue weighted by Gasteiger charge is -2.23. The van der Waals surface area contributed by atoms with Crippen molar-refractivity contribution in [1.82, 2.24) is 15.0 Å². The van der Waals surface area contributed by atoms with Gasteiger partial charge in [0.15, 0.2) is 11.5 Å². The van der Waals surface area contributed by atoms with E-state index < -0.39 is 4.92 Å². The lowest BCUT2D eigenvalue weighted by Crippen LogP contribution is -2.35. The maximum absolute atomic E-state index is 12.9. The maximum Gasteiger partial charge on any atom is 0.270 e. The van der Waals surface area contributed by atoms with Crippen LogP contribution in [0, 0.1) is 16.0 Å². The van der Waals surface area contributed by atoms with Crippen LogP contribution >= 0.6 is 0 Å². The summed E-state index contributed by atoms with van der Waals surface area (Å²) < 4.78 is 16.0. The molecule has 1 amide bonds. The van der Waals surface area contributed by atoms with E-state index in [1.54, 1.807) is 31.3 Å². The van der Waals surface area contributed by atoms with E-state index in [-0.39, 0.29) is 23.3 Å². The molecular weight excluding hydrogens is 452 g/mol. The number of amides is 1. The first kappa shape index (κ1) is 25.7. The SMILES string of the molecule is COc1ccc(CCN(CCc2nc(-c3cccc([N+](=O)[O-])c3)no2)C(=O)CC(C)C)cc1OC. The molecule has 2 aromatic carbocycles. The first-order valence-corrected chi connectivity index (χ1v) is 11.4. The van der Waals surface area contributed by atoms with Gasteiger partial charge in [0.1, 0.15) is 0 Å². The summed E-state index contributed by atoms with van der Waals surface area (Å²) in [4.78, 5) is 29.6. The third kappa shape index (κ3) is 7.02. The minimum atomic E-state index is -0.471. The molecule has 1 heterocycles. The fourth-order valence-electron chi connectivity index (χ4n) is 3.60. The molecule has 0 unspecified atom stereocenters. The van der Waals surface area contributed by atoms with E-state index in [9.17, 15) is 14.9 Å². The van der Waals surface area contributed by atoms with Crippen molar-refractivity contribution >= 4 is 11.6 Å². The zero-order valence-corrected chi connectivity index (χ0v) is 20.4. The Kier molecular flexibility index (Phi) is 8.77. The van der Waals surface area contributed by atoms with E-state index in [2.05, 4.69) is 10.1 Å². The summed E-state index contributed by atoms with van der Waals surface area (Å²) in [5, 5.41) is 15.0. The highest BCUT2D eigenvalue weighted by atomic mass is 16.6. The van der Waals surface area contributed by atoms with Crippen LogP contribution in [0.5, 0.6) is 11.5 Å². The van der Waals surface area contributed by atoms with Gasteiger partial charge in [0.05, 0.1) is 19.1 Å². The van der Waals surface area contributed by atoms with Crippen molar-refractivity contribution in [1.29, 1.82) is 0 Å². The number of aromatic nitrogens is 2. The minimum Gasteiger partial charge on any atom is -0.493 e. The second-order valence-corrected chi connectivity index (χ2v) is 8.49. The monoisotopic (exact) mass is 482 g/mol. The van der Waals surface area contributed by atoms with Crippen LogP contribution in [-0.4, -0.2) is 53.2 Å². The first-order valence-electron chi connectivity index (χ1n) is 11.4. The van der Waals surface area contributed by atoms with Gasteiger partial charge in [-0.2, -0.15) is 4.98 Å². The van der Waals surface area contributed by atoms with Crippen molar-refractivity contribution in [3.05, 3.63) is 64.0 Å². The van der Waals surface area contributed by atoms with Crippen molar-refractivity contribution < 1.29 is 23.7 Å². The fourth-order valence-corrected chi connectivity index (χ4v) is 3.60. The lowest BCUT2D eigenvalue weighted by molar-refractivity contribution is -0.384. The van der Waals surface area contributed by atoms with E-state index in [0.717, 1.165) is 5.56 Å². The van der Waals surface area contributed by atoms with E-state index >= 15 is 0 Å². The number of methoxy groups -OCH3 is 2. The Morgan fingerprint density at radius 3 is 2.51 bits per heavy atom. The van der Waals surface area contributed by atoms with Gasteiger partial charge in [0.25, 0.3) is 5.69 Å². The largest absolute Gasteiger partial charge is 0.493 e. The van der Waals surface area contributed by atoms with Gasteiger partial charge >= 0.3 is 0 Å². The fraction of sp³-hybridized carbons (Fsp3) is 0.400. The number of rotatable bonds is 12. The normalized spacial score (nSPS) is 10.9. The van der Waals surface area contributed by atoms with Gasteiger partial charge in [0, 0.05) is 43.6 Å². The molecule has 10 heteroatoms. The number of carbonyl (C=O) groups excluding carboxylic acids is 1. The molecule has 0 saturated carbocycles. The Bertz CT molecular complexity index is 1160. The quantitative estimate of drug-likeness (QED) is 0.276. The molecule has 0 aliphatic carbocycles. The highest BCUT2D eigenvalue weighted by molar-refractivity contribution is 5.76. The third-order valence-electron chi connectivity index (χ3n) is 5.43. The van der Waals surface area contributed by atoms with E-state index in [0.29, 0.717) is 55.3 Å².